The molecule has 108 valence electrons. The lowest BCUT2D eigenvalue weighted by Crippen LogP contribution is -2.42. The Balaban J connectivity index is 2.58. The standard InChI is InChI=1S/C13H16FN3O3/c14-10-3-1-9(2-4-10)5-11(18)6-17(7-12(15)19)8-13(16)20/h1-4H,5-8H2,(H2,15,19)(H2,16,20). The molecule has 0 aliphatic carbocycles. The Morgan fingerprint density at radius 2 is 1.45 bits per heavy atom. The average molecular weight is 281 g/mol. The van der Waals surface area contributed by atoms with Crippen LogP contribution in [0.5, 0.6) is 0 Å². The number of benzene rings is 1. The van der Waals surface area contributed by atoms with E-state index in [1.54, 1.807) is 0 Å². The zero-order chi connectivity index (χ0) is 15.1. The number of hydrogen-bond donors (Lipinski definition) is 2. The molecule has 2 amide bonds. The highest BCUT2D eigenvalue weighted by Gasteiger charge is 2.15. The van der Waals surface area contributed by atoms with Crippen LogP contribution >= 0.6 is 0 Å². The fraction of sp³-hybridized carbons (Fsp3) is 0.308. The summed E-state index contributed by atoms with van der Waals surface area (Å²) in [6.45, 7) is -0.570. The summed E-state index contributed by atoms with van der Waals surface area (Å²) in [6.07, 6.45) is 0.0777. The molecule has 0 aliphatic heterocycles. The van der Waals surface area contributed by atoms with Crippen LogP contribution < -0.4 is 11.5 Å². The summed E-state index contributed by atoms with van der Waals surface area (Å²) < 4.78 is 12.7. The van der Waals surface area contributed by atoms with E-state index in [1.165, 1.54) is 29.2 Å². The number of halogens is 1. The molecule has 1 rings (SSSR count). The number of carbonyl (C=O) groups excluding carboxylic acids is 3. The van der Waals surface area contributed by atoms with Gasteiger partial charge in [0, 0.05) is 6.42 Å². The minimum Gasteiger partial charge on any atom is -0.369 e. The predicted octanol–water partition coefficient (Wildman–Crippen LogP) is -0.790. The first-order valence-electron chi connectivity index (χ1n) is 5.92. The number of amides is 2. The summed E-state index contributed by atoms with van der Waals surface area (Å²) in [7, 11) is 0. The first-order chi connectivity index (χ1) is 9.36. The molecule has 0 fully saturated rings. The molecule has 20 heavy (non-hydrogen) atoms. The van der Waals surface area contributed by atoms with Gasteiger partial charge in [0.05, 0.1) is 19.6 Å². The van der Waals surface area contributed by atoms with Crippen molar-refractivity contribution >= 4 is 17.6 Å². The SMILES string of the molecule is NC(=O)CN(CC(N)=O)CC(=O)Cc1ccc(F)cc1. The van der Waals surface area contributed by atoms with Crippen LogP contribution in [0.15, 0.2) is 24.3 Å². The van der Waals surface area contributed by atoms with Gasteiger partial charge in [0.15, 0.2) is 5.78 Å². The second-order valence-electron chi connectivity index (χ2n) is 4.42. The Labute approximate surface area is 115 Å². The molecule has 0 heterocycles. The summed E-state index contributed by atoms with van der Waals surface area (Å²) in [5, 5.41) is 0. The maximum absolute atomic E-state index is 12.7. The van der Waals surface area contributed by atoms with Crippen LogP contribution in [0.25, 0.3) is 0 Å². The number of ketones is 1. The fourth-order valence-corrected chi connectivity index (χ4v) is 1.74. The lowest BCUT2D eigenvalue weighted by Gasteiger charge is -2.17. The zero-order valence-electron chi connectivity index (χ0n) is 10.8. The molecule has 0 bridgehead atoms. The van der Waals surface area contributed by atoms with Crippen LogP contribution in [-0.4, -0.2) is 42.1 Å². The van der Waals surface area contributed by atoms with E-state index < -0.39 is 11.8 Å². The second-order valence-corrected chi connectivity index (χ2v) is 4.42. The second kappa shape index (κ2) is 7.34. The molecule has 0 saturated heterocycles. The van der Waals surface area contributed by atoms with Gasteiger partial charge in [0.1, 0.15) is 5.82 Å². The van der Waals surface area contributed by atoms with Crippen molar-refractivity contribution in [3.63, 3.8) is 0 Å². The molecule has 1 aromatic carbocycles. The quantitative estimate of drug-likeness (QED) is 0.651. The number of carbonyl (C=O) groups is 3. The van der Waals surface area contributed by atoms with Gasteiger partial charge < -0.3 is 11.5 Å². The number of rotatable bonds is 8. The summed E-state index contributed by atoms with van der Waals surface area (Å²) in [5.41, 5.74) is 10.7. The summed E-state index contributed by atoms with van der Waals surface area (Å²) in [4.78, 5) is 34.8. The van der Waals surface area contributed by atoms with Crippen LogP contribution in [-0.2, 0) is 20.8 Å². The highest BCUT2D eigenvalue weighted by Crippen LogP contribution is 2.04. The molecule has 4 N–H and O–H groups in total. The van der Waals surface area contributed by atoms with Gasteiger partial charge in [0.2, 0.25) is 11.8 Å². The van der Waals surface area contributed by atoms with E-state index in [-0.39, 0.29) is 37.7 Å². The van der Waals surface area contributed by atoms with Gasteiger partial charge in [-0.25, -0.2) is 4.39 Å². The molecule has 0 unspecified atom stereocenters. The van der Waals surface area contributed by atoms with Gasteiger partial charge in [-0.15, -0.1) is 0 Å². The zero-order valence-corrected chi connectivity index (χ0v) is 10.8. The lowest BCUT2D eigenvalue weighted by molar-refractivity contribution is -0.124. The fourth-order valence-electron chi connectivity index (χ4n) is 1.74. The number of nitrogens with two attached hydrogens (primary N) is 2. The van der Waals surface area contributed by atoms with Crippen molar-refractivity contribution < 1.29 is 18.8 Å². The summed E-state index contributed by atoms with van der Waals surface area (Å²) in [6, 6.07) is 5.51. The topological polar surface area (TPSA) is 106 Å². The van der Waals surface area contributed by atoms with Crippen molar-refractivity contribution in [3.8, 4) is 0 Å². The van der Waals surface area contributed by atoms with Gasteiger partial charge in [-0.2, -0.15) is 0 Å². The number of primary amides is 2. The Kier molecular flexibility index (Phi) is 5.79. The van der Waals surface area contributed by atoms with E-state index in [4.69, 9.17) is 11.5 Å². The molecule has 0 spiro atoms. The molecule has 0 radical (unpaired) electrons. The van der Waals surface area contributed by atoms with Gasteiger partial charge in [-0.1, -0.05) is 12.1 Å². The third kappa shape index (κ3) is 6.05. The molecular formula is C13H16FN3O3. The Morgan fingerprint density at radius 1 is 0.950 bits per heavy atom. The third-order valence-corrected chi connectivity index (χ3v) is 2.47. The lowest BCUT2D eigenvalue weighted by atomic mass is 10.1. The first kappa shape index (κ1) is 15.8. The normalized spacial score (nSPS) is 10.5. The van der Waals surface area contributed by atoms with Crippen LogP contribution in [0.4, 0.5) is 4.39 Å². The highest BCUT2D eigenvalue weighted by molar-refractivity contribution is 5.85. The number of hydrogen-bond acceptors (Lipinski definition) is 4. The summed E-state index contributed by atoms with van der Waals surface area (Å²) >= 11 is 0. The van der Waals surface area contributed by atoms with E-state index in [2.05, 4.69) is 0 Å². The molecule has 0 atom stereocenters. The van der Waals surface area contributed by atoms with Crippen molar-refractivity contribution in [2.75, 3.05) is 19.6 Å². The van der Waals surface area contributed by atoms with E-state index in [0.29, 0.717) is 5.56 Å². The minimum absolute atomic E-state index is 0.0777. The maximum Gasteiger partial charge on any atom is 0.231 e. The minimum atomic E-state index is -0.652. The molecule has 6 nitrogen and oxygen atoms in total. The highest BCUT2D eigenvalue weighted by atomic mass is 19.1. The van der Waals surface area contributed by atoms with Gasteiger partial charge in [-0.05, 0) is 17.7 Å². The third-order valence-electron chi connectivity index (χ3n) is 2.47. The molecule has 7 heteroatoms. The number of nitrogens with zero attached hydrogens (tertiary/aromatic N) is 1. The van der Waals surface area contributed by atoms with Crippen molar-refractivity contribution in [2.45, 2.75) is 6.42 Å². The first-order valence-corrected chi connectivity index (χ1v) is 5.92. The summed E-state index contributed by atoms with van der Waals surface area (Å²) in [5.74, 6) is -1.91. The van der Waals surface area contributed by atoms with E-state index in [1.807, 2.05) is 0 Å². The molecule has 0 aliphatic rings. The number of Topliss-reactive ketones (excluding diaryl/α,β-unsaturated/α-hetero) is 1. The van der Waals surface area contributed by atoms with Crippen LogP contribution in [0.2, 0.25) is 0 Å². The van der Waals surface area contributed by atoms with Crippen LogP contribution in [0, 0.1) is 5.82 Å². The van der Waals surface area contributed by atoms with Crippen LogP contribution in [0.1, 0.15) is 5.56 Å². The molecular weight excluding hydrogens is 265 g/mol. The average Bonchev–Trinajstić information content (AvgIpc) is 2.30. The van der Waals surface area contributed by atoms with Crippen molar-refractivity contribution in [1.29, 1.82) is 0 Å². The van der Waals surface area contributed by atoms with Crippen molar-refractivity contribution in [1.82, 2.24) is 4.90 Å². The van der Waals surface area contributed by atoms with E-state index in [0.717, 1.165) is 0 Å². The molecule has 0 saturated carbocycles. The van der Waals surface area contributed by atoms with E-state index >= 15 is 0 Å². The Hall–Kier alpha value is -2.28. The predicted molar refractivity (Wildman–Crippen MR) is 69.9 cm³/mol. The molecule has 0 aromatic heterocycles. The van der Waals surface area contributed by atoms with Gasteiger partial charge in [0.25, 0.3) is 0 Å². The Morgan fingerprint density at radius 3 is 1.90 bits per heavy atom. The van der Waals surface area contributed by atoms with Gasteiger partial charge in [-0.3, -0.25) is 19.3 Å². The van der Waals surface area contributed by atoms with Gasteiger partial charge >= 0.3 is 0 Å². The maximum atomic E-state index is 12.7. The van der Waals surface area contributed by atoms with Crippen molar-refractivity contribution in [2.24, 2.45) is 11.5 Å². The van der Waals surface area contributed by atoms with Crippen LogP contribution in [0.3, 0.4) is 0 Å². The molecule has 1 aromatic rings. The largest absolute Gasteiger partial charge is 0.369 e. The Bertz CT molecular complexity index is 486. The monoisotopic (exact) mass is 281 g/mol. The van der Waals surface area contributed by atoms with E-state index in [9.17, 15) is 18.8 Å². The smallest absolute Gasteiger partial charge is 0.231 e. The van der Waals surface area contributed by atoms with Crippen molar-refractivity contribution in [3.05, 3.63) is 35.6 Å².